The third-order valence-corrected chi connectivity index (χ3v) is 4.22. The van der Waals surface area contributed by atoms with Crippen molar-refractivity contribution in [3.63, 3.8) is 0 Å². The van der Waals surface area contributed by atoms with Crippen LogP contribution in [0, 0.1) is 5.82 Å². The summed E-state index contributed by atoms with van der Waals surface area (Å²) >= 11 is 3.13. The number of anilines is 1. The maximum Gasteiger partial charge on any atom is 0.418 e. The van der Waals surface area contributed by atoms with Gasteiger partial charge >= 0.3 is 6.18 Å². The number of fused-ring (bicyclic) bond motifs is 1. The van der Waals surface area contributed by atoms with Crippen LogP contribution in [-0.4, -0.2) is 0 Å². The van der Waals surface area contributed by atoms with Gasteiger partial charge in [-0.1, -0.05) is 28.1 Å². The van der Waals surface area contributed by atoms with Gasteiger partial charge in [0.2, 0.25) is 0 Å². The molecular weight excluding hydrogens is 362 g/mol. The van der Waals surface area contributed by atoms with Crippen LogP contribution in [-0.2, 0) is 12.6 Å². The van der Waals surface area contributed by atoms with E-state index in [1.165, 1.54) is 12.1 Å². The first-order chi connectivity index (χ1) is 10.3. The predicted octanol–water partition coefficient (Wildman–Crippen LogP) is 5.71. The van der Waals surface area contributed by atoms with Gasteiger partial charge in [0.05, 0.1) is 17.3 Å². The van der Waals surface area contributed by atoms with Gasteiger partial charge in [0.1, 0.15) is 5.82 Å². The lowest BCUT2D eigenvalue weighted by molar-refractivity contribution is -0.137. The molecule has 2 aromatic carbocycles. The molecule has 0 spiro atoms. The molecule has 2 aromatic rings. The number of alkyl halides is 3. The molecule has 3 rings (SSSR count). The van der Waals surface area contributed by atoms with E-state index in [0.29, 0.717) is 28.4 Å². The molecule has 0 aliphatic carbocycles. The van der Waals surface area contributed by atoms with E-state index in [2.05, 4.69) is 21.2 Å². The van der Waals surface area contributed by atoms with Gasteiger partial charge in [0.25, 0.3) is 0 Å². The third-order valence-electron chi connectivity index (χ3n) is 3.76. The number of rotatable bonds is 1. The molecule has 1 nitrogen and oxygen atoms in total. The molecule has 1 N–H and O–H groups in total. The number of hydrogen-bond donors (Lipinski definition) is 1. The van der Waals surface area contributed by atoms with Gasteiger partial charge in [-0.05, 0) is 48.2 Å². The van der Waals surface area contributed by atoms with Crippen LogP contribution in [0.2, 0.25) is 0 Å². The lowest BCUT2D eigenvalue weighted by Crippen LogP contribution is -2.22. The van der Waals surface area contributed by atoms with E-state index in [1.807, 2.05) is 0 Å². The van der Waals surface area contributed by atoms with Gasteiger partial charge < -0.3 is 5.32 Å². The van der Waals surface area contributed by atoms with Crippen molar-refractivity contribution in [2.75, 3.05) is 5.32 Å². The van der Waals surface area contributed by atoms with Crippen LogP contribution in [0.15, 0.2) is 40.9 Å². The fraction of sp³-hybridized carbons (Fsp3) is 0.250. The fourth-order valence-electron chi connectivity index (χ4n) is 2.77. The van der Waals surface area contributed by atoms with Crippen molar-refractivity contribution < 1.29 is 17.6 Å². The number of halogens is 5. The molecule has 0 saturated heterocycles. The predicted molar refractivity (Wildman–Crippen MR) is 80.2 cm³/mol. The van der Waals surface area contributed by atoms with Gasteiger partial charge in [-0.25, -0.2) is 4.39 Å². The number of benzene rings is 2. The van der Waals surface area contributed by atoms with Crippen LogP contribution in [0.5, 0.6) is 0 Å². The third kappa shape index (κ3) is 2.97. The Morgan fingerprint density at radius 3 is 2.59 bits per heavy atom. The van der Waals surface area contributed by atoms with Crippen molar-refractivity contribution in [2.24, 2.45) is 0 Å². The highest BCUT2D eigenvalue weighted by Gasteiger charge is 2.36. The smallest absolute Gasteiger partial charge is 0.378 e. The molecule has 1 heterocycles. The lowest BCUT2D eigenvalue weighted by Gasteiger charge is -2.30. The molecule has 1 unspecified atom stereocenters. The molecule has 1 atom stereocenters. The summed E-state index contributed by atoms with van der Waals surface area (Å²) in [6, 6.07) is 8.39. The average Bonchev–Trinajstić information content (AvgIpc) is 2.45. The monoisotopic (exact) mass is 373 g/mol. The Morgan fingerprint density at radius 2 is 1.91 bits per heavy atom. The van der Waals surface area contributed by atoms with E-state index in [1.54, 1.807) is 18.2 Å². The van der Waals surface area contributed by atoms with Crippen molar-refractivity contribution in [3.05, 3.63) is 63.4 Å². The minimum Gasteiger partial charge on any atom is -0.378 e. The summed E-state index contributed by atoms with van der Waals surface area (Å²) in [5.74, 6) is -0.392. The minimum atomic E-state index is -4.44. The Hall–Kier alpha value is -1.56. The summed E-state index contributed by atoms with van der Waals surface area (Å²) < 4.78 is 53.4. The quantitative estimate of drug-likeness (QED) is 0.631. The first kappa shape index (κ1) is 15.3. The molecule has 0 radical (unpaired) electrons. The van der Waals surface area contributed by atoms with Gasteiger partial charge in [-0.15, -0.1) is 0 Å². The summed E-state index contributed by atoms with van der Waals surface area (Å²) in [5.41, 5.74) is 0.672. The molecule has 116 valence electrons. The van der Waals surface area contributed by atoms with Crippen molar-refractivity contribution in [1.82, 2.24) is 0 Å². The Morgan fingerprint density at radius 1 is 1.14 bits per heavy atom. The Labute approximate surface area is 133 Å². The molecule has 0 aromatic heterocycles. The van der Waals surface area contributed by atoms with Gasteiger partial charge in [-0.3, -0.25) is 0 Å². The summed E-state index contributed by atoms with van der Waals surface area (Å²) in [6.45, 7) is 0. The van der Waals surface area contributed by atoms with Crippen molar-refractivity contribution in [2.45, 2.75) is 25.1 Å². The molecule has 0 saturated carbocycles. The number of aryl methyl sites for hydroxylation is 1. The normalized spacial score (nSPS) is 17.8. The molecule has 0 bridgehead atoms. The molecule has 1 aliphatic heterocycles. The second-order valence-electron chi connectivity index (χ2n) is 5.28. The topological polar surface area (TPSA) is 12.0 Å². The summed E-state index contributed by atoms with van der Waals surface area (Å²) in [5, 5.41) is 2.94. The molecule has 1 aliphatic rings. The van der Waals surface area contributed by atoms with Crippen molar-refractivity contribution >= 4 is 21.6 Å². The van der Waals surface area contributed by atoms with Crippen molar-refractivity contribution in [3.8, 4) is 0 Å². The molecule has 0 fully saturated rings. The molecule has 6 heteroatoms. The SMILES string of the molecule is Fc1cccc(C2CCc3cc(Br)cc(C(F)(F)F)c3N2)c1. The Balaban J connectivity index is 2.02. The second-order valence-corrected chi connectivity index (χ2v) is 6.19. The van der Waals surface area contributed by atoms with Crippen LogP contribution in [0.3, 0.4) is 0 Å². The zero-order chi connectivity index (χ0) is 15.9. The van der Waals surface area contributed by atoms with E-state index in [0.717, 1.165) is 6.07 Å². The number of hydrogen-bond acceptors (Lipinski definition) is 1. The Bertz CT molecular complexity index is 712. The van der Waals surface area contributed by atoms with Crippen LogP contribution in [0.25, 0.3) is 0 Å². The van der Waals surface area contributed by atoms with Gasteiger partial charge in [0.15, 0.2) is 0 Å². The maximum atomic E-state index is 13.3. The first-order valence-electron chi connectivity index (χ1n) is 6.76. The standard InChI is InChI=1S/C16H12BrF4N/c17-11-6-10-4-5-14(9-2-1-3-12(18)7-9)22-15(10)13(8-11)16(19,20)21/h1-3,6-8,14,22H,4-5H2. The lowest BCUT2D eigenvalue weighted by atomic mass is 9.91. The highest BCUT2D eigenvalue weighted by atomic mass is 79.9. The molecule has 22 heavy (non-hydrogen) atoms. The zero-order valence-electron chi connectivity index (χ0n) is 11.3. The Kier molecular flexibility index (Phi) is 3.89. The number of nitrogens with one attached hydrogen (secondary N) is 1. The molecule has 0 amide bonds. The van der Waals surface area contributed by atoms with E-state index in [-0.39, 0.29) is 11.7 Å². The van der Waals surface area contributed by atoms with Gasteiger partial charge in [0, 0.05) is 4.47 Å². The van der Waals surface area contributed by atoms with Crippen LogP contribution in [0.4, 0.5) is 23.2 Å². The highest BCUT2D eigenvalue weighted by Crippen LogP contribution is 2.43. The van der Waals surface area contributed by atoms with Gasteiger partial charge in [-0.2, -0.15) is 13.2 Å². The summed E-state index contributed by atoms with van der Waals surface area (Å²) in [4.78, 5) is 0. The van der Waals surface area contributed by atoms with E-state index < -0.39 is 17.6 Å². The average molecular weight is 374 g/mol. The second kappa shape index (κ2) is 5.57. The van der Waals surface area contributed by atoms with E-state index in [9.17, 15) is 17.6 Å². The largest absolute Gasteiger partial charge is 0.418 e. The summed E-state index contributed by atoms with van der Waals surface area (Å²) in [6.07, 6.45) is -3.32. The zero-order valence-corrected chi connectivity index (χ0v) is 12.9. The van der Waals surface area contributed by atoms with E-state index in [4.69, 9.17) is 0 Å². The minimum absolute atomic E-state index is 0.0937. The van der Waals surface area contributed by atoms with Crippen LogP contribution >= 0.6 is 15.9 Å². The van der Waals surface area contributed by atoms with Crippen molar-refractivity contribution in [1.29, 1.82) is 0 Å². The molecular formula is C16H12BrF4N. The van der Waals surface area contributed by atoms with Crippen LogP contribution in [0.1, 0.15) is 29.2 Å². The first-order valence-corrected chi connectivity index (χ1v) is 7.55. The summed E-state index contributed by atoms with van der Waals surface area (Å²) in [7, 11) is 0. The fourth-order valence-corrected chi connectivity index (χ4v) is 3.28. The maximum absolute atomic E-state index is 13.3. The highest BCUT2D eigenvalue weighted by molar-refractivity contribution is 9.10. The van der Waals surface area contributed by atoms with E-state index >= 15 is 0 Å². The van der Waals surface area contributed by atoms with Crippen LogP contribution < -0.4 is 5.32 Å².